The summed E-state index contributed by atoms with van der Waals surface area (Å²) >= 11 is 0. The predicted molar refractivity (Wildman–Crippen MR) is 434 cm³/mol. The van der Waals surface area contributed by atoms with Gasteiger partial charge in [-0.25, -0.2) is 9.97 Å². The van der Waals surface area contributed by atoms with Gasteiger partial charge in [-0.3, -0.25) is 9.80 Å². The molecule has 106 heavy (non-hydrogen) atoms. The molecule has 6 heterocycles. The van der Waals surface area contributed by atoms with Gasteiger partial charge in [0.25, 0.3) is 0 Å². The lowest BCUT2D eigenvalue weighted by Gasteiger charge is -2.33. The van der Waals surface area contributed by atoms with E-state index in [2.05, 4.69) is 301 Å². The molecule has 21 aromatic rings. The molecule has 0 aliphatic carbocycles. The van der Waals surface area contributed by atoms with Crippen molar-refractivity contribution in [3.05, 3.63) is 340 Å². The standard InChI is InChI=1S/C49H28N4O.C47H28N4O/c1-4-17-33-29(12-1)26-27-42-45(33)38-22-9-14-30-15-10-24-41(44(30)38)53(42)49-51-47(39-23-11-21-37-36-20-7-8-25-43(36)54-46(37)39)50-48(52-49)40-28-31-13-2-3-16-32(31)34-18-5-6-19-35(34)40;1-2-12-29(13-3-1)33-17-6-7-20-37(33)46-48-45(32-24-26-36-35-19-8-9-23-41(35)52-42(36)28-32)49-47(50-46)51-39-22-11-16-31-15-10-21-38(43(31)39)44-34-18-5-4-14-30(34)25-27-40(44)51/h1-28H;1-28H. The van der Waals surface area contributed by atoms with Crippen LogP contribution in [0.3, 0.4) is 0 Å². The maximum atomic E-state index is 6.58. The third kappa shape index (κ3) is 9.24. The number of hydrogen-bond donors (Lipinski definition) is 0. The first kappa shape index (κ1) is 59.2. The molecule has 0 fully saturated rings. The van der Waals surface area contributed by atoms with Crippen LogP contribution in [0.25, 0.3) is 187 Å². The fraction of sp³-hybridized carbons (Fsp3) is 0. The third-order valence-electron chi connectivity index (χ3n) is 21.3. The van der Waals surface area contributed by atoms with E-state index in [0.29, 0.717) is 35.2 Å². The molecule has 0 amide bonds. The van der Waals surface area contributed by atoms with E-state index in [0.717, 1.165) is 133 Å². The minimum absolute atomic E-state index is 0.541. The highest BCUT2D eigenvalue weighted by atomic mass is 16.3. The Bertz CT molecular complexity index is 7260. The van der Waals surface area contributed by atoms with Crippen molar-refractivity contribution in [2.75, 3.05) is 9.80 Å². The van der Waals surface area contributed by atoms with Gasteiger partial charge in [-0.2, -0.15) is 19.9 Å². The van der Waals surface area contributed by atoms with Gasteiger partial charge in [-0.1, -0.05) is 279 Å². The molecule has 4 aromatic heterocycles. The lowest BCUT2D eigenvalue weighted by atomic mass is 9.88. The Labute approximate surface area is 606 Å². The molecular formula is C96H56N8O2. The van der Waals surface area contributed by atoms with Crippen molar-refractivity contribution in [2.45, 2.75) is 0 Å². The summed E-state index contributed by atoms with van der Waals surface area (Å²) in [6.07, 6.45) is 0. The summed E-state index contributed by atoms with van der Waals surface area (Å²) in [7, 11) is 0. The van der Waals surface area contributed by atoms with Crippen LogP contribution in [0.4, 0.5) is 34.6 Å². The number of furan rings is 2. The summed E-state index contributed by atoms with van der Waals surface area (Å²) in [5.74, 6) is 3.39. The van der Waals surface area contributed by atoms with E-state index in [1.54, 1.807) is 0 Å². The molecule has 0 N–H and O–H groups in total. The van der Waals surface area contributed by atoms with Crippen LogP contribution < -0.4 is 9.80 Å². The number of para-hydroxylation sites is 3. The quantitative estimate of drug-likeness (QED) is 0.143. The average molecular weight is 1350 g/mol. The van der Waals surface area contributed by atoms with Gasteiger partial charge in [0.2, 0.25) is 11.9 Å². The molecule has 10 heteroatoms. The first-order valence-corrected chi connectivity index (χ1v) is 35.7. The number of benzene rings is 17. The van der Waals surface area contributed by atoms with Gasteiger partial charge in [0, 0.05) is 60.1 Å². The molecule has 2 aliphatic heterocycles. The van der Waals surface area contributed by atoms with Crippen LogP contribution in [0.2, 0.25) is 0 Å². The fourth-order valence-electron chi connectivity index (χ4n) is 16.6. The van der Waals surface area contributed by atoms with Gasteiger partial charge in [-0.15, -0.1) is 0 Å². The molecule has 0 radical (unpaired) electrons. The first-order valence-electron chi connectivity index (χ1n) is 35.7. The van der Waals surface area contributed by atoms with Crippen molar-refractivity contribution in [2.24, 2.45) is 0 Å². The van der Waals surface area contributed by atoms with Gasteiger partial charge in [0.05, 0.1) is 28.3 Å². The SMILES string of the molecule is c1ccc(-c2ccccc2-c2nc(-c3ccc4c(c3)oc3ccccc34)nc(N3c4ccc5ccccc5c4-c4cccc5cccc3c45)n2)cc1.c1ccc2c3c(ccc2c1)N(c1nc(-c2cc4ccccc4c4ccccc24)nc(-c2cccc4c2oc2ccccc24)n1)c1cccc2cccc-3c12. The Morgan fingerprint density at radius 2 is 0.642 bits per heavy atom. The number of fused-ring (bicyclic) bond motifs is 17. The second kappa shape index (κ2) is 23.5. The average Bonchev–Trinajstić information content (AvgIpc) is 1.63. The largest absolute Gasteiger partial charge is 0.456 e. The normalized spacial score (nSPS) is 12.3. The van der Waals surface area contributed by atoms with Crippen molar-refractivity contribution in [1.29, 1.82) is 0 Å². The number of aromatic nitrogens is 6. The predicted octanol–water partition coefficient (Wildman–Crippen LogP) is 25.7. The van der Waals surface area contributed by atoms with Crippen LogP contribution in [-0.2, 0) is 0 Å². The minimum atomic E-state index is 0.541. The van der Waals surface area contributed by atoms with E-state index in [1.165, 1.54) is 54.4 Å². The smallest absolute Gasteiger partial charge is 0.238 e. The van der Waals surface area contributed by atoms with Gasteiger partial charge in [0.15, 0.2) is 23.3 Å². The highest BCUT2D eigenvalue weighted by molar-refractivity contribution is 6.22. The van der Waals surface area contributed by atoms with E-state index in [1.807, 2.05) is 48.5 Å². The van der Waals surface area contributed by atoms with Crippen LogP contribution in [0.15, 0.2) is 349 Å². The van der Waals surface area contributed by atoms with E-state index < -0.39 is 0 Å². The number of anilines is 6. The summed E-state index contributed by atoms with van der Waals surface area (Å²) < 4.78 is 12.9. The molecule has 10 nitrogen and oxygen atoms in total. The first-order chi connectivity index (χ1) is 52.6. The van der Waals surface area contributed by atoms with E-state index in [4.69, 9.17) is 38.7 Å². The third-order valence-corrected chi connectivity index (χ3v) is 21.3. The van der Waals surface area contributed by atoms with Gasteiger partial charge in [0.1, 0.15) is 22.3 Å². The summed E-state index contributed by atoms with van der Waals surface area (Å²) in [4.78, 5) is 36.5. The number of rotatable bonds is 7. The van der Waals surface area contributed by atoms with Crippen LogP contribution in [0.5, 0.6) is 0 Å². The Hall–Kier alpha value is -14.5. The highest BCUT2D eigenvalue weighted by Crippen LogP contribution is 2.55. The van der Waals surface area contributed by atoms with Crippen molar-refractivity contribution in [3.8, 4) is 78.9 Å². The Morgan fingerprint density at radius 1 is 0.208 bits per heavy atom. The summed E-state index contributed by atoms with van der Waals surface area (Å²) in [5.41, 5.74) is 17.8. The summed E-state index contributed by atoms with van der Waals surface area (Å²) in [6, 6.07) is 119. The molecule has 0 saturated heterocycles. The van der Waals surface area contributed by atoms with Gasteiger partial charge < -0.3 is 8.83 Å². The monoisotopic (exact) mass is 1350 g/mol. The molecule has 0 spiro atoms. The maximum absolute atomic E-state index is 6.58. The van der Waals surface area contributed by atoms with Gasteiger partial charge >= 0.3 is 0 Å². The highest BCUT2D eigenvalue weighted by Gasteiger charge is 2.33. The van der Waals surface area contributed by atoms with Crippen molar-refractivity contribution in [3.63, 3.8) is 0 Å². The molecule has 0 bridgehead atoms. The van der Waals surface area contributed by atoms with Crippen LogP contribution >= 0.6 is 0 Å². The zero-order valence-electron chi connectivity index (χ0n) is 56.7. The molecule has 2 aliphatic rings. The number of hydrogen-bond acceptors (Lipinski definition) is 10. The second-order valence-corrected chi connectivity index (χ2v) is 27.2. The van der Waals surface area contributed by atoms with E-state index in [-0.39, 0.29) is 0 Å². The molecule has 492 valence electrons. The Balaban J connectivity index is 0.000000132. The van der Waals surface area contributed by atoms with Crippen molar-refractivity contribution >= 4 is 143 Å². The van der Waals surface area contributed by atoms with Gasteiger partial charge in [-0.05, 0) is 137 Å². The lowest BCUT2D eigenvalue weighted by Crippen LogP contribution is -2.19. The zero-order chi connectivity index (χ0) is 69.5. The molecule has 0 unspecified atom stereocenters. The Kier molecular flexibility index (Phi) is 13.2. The molecule has 0 saturated carbocycles. The zero-order valence-corrected chi connectivity index (χ0v) is 56.7. The van der Waals surface area contributed by atoms with Crippen LogP contribution in [0, 0.1) is 0 Å². The van der Waals surface area contributed by atoms with Crippen LogP contribution in [-0.4, -0.2) is 29.9 Å². The Morgan fingerprint density at radius 3 is 1.29 bits per heavy atom. The molecule has 23 rings (SSSR count). The van der Waals surface area contributed by atoms with Crippen molar-refractivity contribution in [1.82, 2.24) is 29.9 Å². The molecule has 0 atom stereocenters. The van der Waals surface area contributed by atoms with Crippen LogP contribution in [0.1, 0.15) is 0 Å². The lowest BCUT2D eigenvalue weighted by molar-refractivity contribution is 0.669. The number of nitrogens with zero attached hydrogens (tertiary/aromatic N) is 8. The van der Waals surface area contributed by atoms with Crippen molar-refractivity contribution < 1.29 is 8.83 Å². The summed E-state index contributed by atoms with van der Waals surface area (Å²) in [6.45, 7) is 0. The fourth-order valence-corrected chi connectivity index (χ4v) is 16.6. The maximum Gasteiger partial charge on any atom is 0.238 e. The second-order valence-electron chi connectivity index (χ2n) is 27.2. The molecule has 17 aromatic carbocycles. The summed E-state index contributed by atoms with van der Waals surface area (Å²) in [5, 5.41) is 18.2. The van der Waals surface area contributed by atoms with E-state index >= 15 is 0 Å². The molecular weight excluding hydrogens is 1300 g/mol. The van der Waals surface area contributed by atoms with E-state index in [9.17, 15) is 0 Å². The minimum Gasteiger partial charge on any atom is -0.456 e. The topological polar surface area (TPSA) is 110 Å².